The minimum atomic E-state index is -0.419. The monoisotopic (exact) mass is 217 g/mol. The lowest BCUT2D eigenvalue weighted by Crippen LogP contribution is -1.86. The van der Waals surface area contributed by atoms with Gasteiger partial charge in [0.2, 0.25) is 0 Å². The van der Waals surface area contributed by atoms with E-state index in [1.807, 2.05) is 0 Å². The first kappa shape index (κ1) is 8.20. The summed E-state index contributed by atoms with van der Waals surface area (Å²) >= 11 is 3.10. The molecule has 0 saturated carbocycles. The Morgan fingerprint density at radius 3 is 2.82 bits per heavy atom. The van der Waals surface area contributed by atoms with Crippen LogP contribution in [-0.4, -0.2) is 11.4 Å². The summed E-state index contributed by atoms with van der Waals surface area (Å²) in [7, 11) is 0. The van der Waals surface area contributed by atoms with Crippen LogP contribution in [0.25, 0.3) is 0 Å². The molecule has 0 bridgehead atoms. The molecule has 1 aromatic rings. The summed E-state index contributed by atoms with van der Waals surface area (Å²) in [5.74, 6) is -0.419. The van der Waals surface area contributed by atoms with E-state index in [1.54, 1.807) is 6.07 Å². The molecule has 1 rings (SSSR count). The molecule has 1 aromatic carbocycles. The highest BCUT2D eigenvalue weighted by Gasteiger charge is 1.98. The Hall–Kier alpha value is -0.900. The highest BCUT2D eigenvalue weighted by Crippen LogP contribution is 2.13. The van der Waals surface area contributed by atoms with Gasteiger partial charge in [-0.2, -0.15) is 0 Å². The minimum Gasteiger partial charge on any atom is -0.411 e. The van der Waals surface area contributed by atoms with Gasteiger partial charge in [0.1, 0.15) is 5.82 Å². The fourth-order valence-corrected chi connectivity index (χ4v) is 1.00. The molecule has 0 heterocycles. The number of benzene rings is 1. The molecule has 0 amide bonds. The van der Waals surface area contributed by atoms with E-state index in [1.165, 1.54) is 12.1 Å². The van der Waals surface area contributed by atoms with Crippen LogP contribution in [0.4, 0.5) is 4.39 Å². The van der Waals surface area contributed by atoms with Crippen LogP contribution in [0.2, 0.25) is 0 Å². The van der Waals surface area contributed by atoms with E-state index in [9.17, 15) is 4.39 Å². The lowest BCUT2D eigenvalue weighted by molar-refractivity contribution is 0.321. The van der Waals surface area contributed by atoms with Crippen LogP contribution in [0.5, 0.6) is 0 Å². The molecule has 0 aliphatic heterocycles. The van der Waals surface area contributed by atoms with Gasteiger partial charge in [0, 0.05) is 10.0 Å². The topological polar surface area (TPSA) is 32.6 Å². The number of hydrogen-bond acceptors (Lipinski definition) is 2. The molecule has 4 heteroatoms. The smallest absolute Gasteiger partial charge is 0.133 e. The maximum absolute atomic E-state index is 12.8. The lowest BCUT2D eigenvalue weighted by Gasteiger charge is -1.94. The summed E-state index contributed by atoms with van der Waals surface area (Å²) in [6, 6.07) is 4.48. The quantitative estimate of drug-likeness (QED) is 0.438. The average molecular weight is 218 g/mol. The normalized spacial score (nSPS) is 10.7. The fraction of sp³-hybridized carbons (Fsp3) is 0. The molecule has 0 saturated heterocycles. The van der Waals surface area contributed by atoms with Crippen LogP contribution in [0, 0.1) is 5.82 Å². The Balaban J connectivity index is 3.09. The summed E-state index contributed by atoms with van der Waals surface area (Å²) < 4.78 is 13.5. The number of nitrogens with zero attached hydrogens (tertiary/aromatic N) is 1. The zero-order valence-electron chi connectivity index (χ0n) is 5.46. The van der Waals surface area contributed by atoms with Gasteiger partial charge in [-0.15, -0.1) is 0 Å². The molecule has 58 valence electrons. The molecular formula is C7H5BrFNO. The van der Waals surface area contributed by atoms with Gasteiger partial charge in [-0.3, -0.25) is 0 Å². The van der Waals surface area contributed by atoms with Crippen molar-refractivity contribution in [1.82, 2.24) is 0 Å². The molecule has 0 radical (unpaired) electrons. The van der Waals surface area contributed by atoms with Crippen molar-refractivity contribution in [2.75, 3.05) is 0 Å². The van der Waals surface area contributed by atoms with Crippen molar-refractivity contribution in [3.05, 3.63) is 34.1 Å². The van der Waals surface area contributed by atoms with Crippen LogP contribution < -0.4 is 0 Å². The molecule has 0 atom stereocenters. The van der Waals surface area contributed by atoms with E-state index in [2.05, 4.69) is 21.1 Å². The molecular weight excluding hydrogens is 213 g/mol. The summed E-state index contributed by atoms with van der Waals surface area (Å²) in [5, 5.41) is 10.8. The van der Waals surface area contributed by atoms with Crippen molar-refractivity contribution >= 4 is 22.1 Å². The Morgan fingerprint density at radius 1 is 1.55 bits per heavy atom. The first-order valence-electron chi connectivity index (χ1n) is 2.86. The van der Waals surface area contributed by atoms with Crippen LogP contribution >= 0.6 is 15.9 Å². The van der Waals surface area contributed by atoms with Crippen LogP contribution in [0.15, 0.2) is 27.8 Å². The maximum Gasteiger partial charge on any atom is 0.133 e. The third kappa shape index (κ3) is 2.01. The Bertz CT molecular complexity index is 288. The Labute approximate surface area is 71.5 Å². The zero-order chi connectivity index (χ0) is 8.27. The zero-order valence-corrected chi connectivity index (χ0v) is 7.05. The van der Waals surface area contributed by atoms with Crippen molar-refractivity contribution < 1.29 is 9.60 Å². The van der Waals surface area contributed by atoms with Crippen LogP contribution in [-0.2, 0) is 0 Å². The first-order chi connectivity index (χ1) is 5.24. The second kappa shape index (κ2) is 3.48. The Morgan fingerprint density at radius 2 is 2.27 bits per heavy atom. The van der Waals surface area contributed by atoms with Gasteiger partial charge in [0.05, 0.1) is 6.21 Å². The average Bonchev–Trinajstić information content (AvgIpc) is 1.95. The minimum absolute atomic E-state index is 0.260. The molecule has 0 fully saturated rings. The second-order valence-electron chi connectivity index (χ2n) is 1.91. The number of rotatable bonds is 1. The number of oxime groups is 1. The van der Waals surface area contributed by atoms with Gasteiger partial charge in [-0.25, -0.2) is 4.39 Å². The summed E-state index contributed by atoms with van der Waals surface area (Å²) in [5.41, 5.74) is 0.260. The number of halogens is 2. The SMILES string of the molecule is O/N=C/c1ccc(Br)cc1F. The van der Waals surface area contributed by atoms with Gasteiger partial charge in [-0.05, 0) is 18.2 Å². The summed E-state index contributed by atoms with van der Waals surface area (Å²) in [6.07, 6.45) is 1.04. The molecule has 11 heavy (non-hydrogen) atoms. The number of hydrogen-bond donors (Lipinski definition) is 1. The van der Waals surface area contributed by atoms with Gasteiger partial charge < -0.3 is 5.21 Å². The van der Waals surface area contributed by atoms with Crippen LogP contribution in [0.3, 0.4) is 0 Å². The van der Waals surface area contributed by atoms with Crippen molar-refractivity contribution in [2.45, 2.75) is 0 Å². The molecule has 1 N–H and O–H groups in total. The summed E-state index contributed by atoms with van der Waals surface area (Å²) in [4.78, 5) is 0. The van der Waals surface area contributed by atoms with E-state index < -0.39 is 5.82 Å². The van der Waals surface area contributed by atoms with E-state index in [0.29, 0.717) is 4.47 Å². The third-order valence-electron chi connectivity index (χ3n) is 1.16. The first-order valence-corrected chi connectivity index (χ1v) is 3.66. The van der Waals surface area contributed by atoms with Crippen molar-refractivity contribution in [1.29, 1.82) is 0 Å². The van der Waals surface area contributed by atoms with Crippen molar-refractivity contribution in [3.63, 3.8) is 0 Å². The van der Waals surface area contributed by atoms with Crippen molar-refractivity contribution in [2.24, 2.45) is 5.16 Å². The predicted molar refractivity (Wildman–Crippen MR) is 43.5 cm³/mol. The maximum atomic E-state index is 12.8. The highest BCUT2D eigenvalue weighted by atomic mass is 79.9. The highest BCUT2D eigenvalue weighted by molar-refractivity contribution is 9.10. The molecule has 0 unspecified atom stereocenters. The van der Waals surface area contributed by atoms with Gasteiger partial charge in [0.15, 0.2) is 0 Å². The van der Waals surface area contributed by atoms with E-state index >= 15 is 0 Å². The van der Waals surface area contributed by atoms with Gasteiger partial charge in [0.25, 0.3) is 0 Å². The predicted octanol–water partition coefficient (Wildman–Crippen LogP) is 2.40. The van der Waals surface area contributed by atoms with E-state index in [-0.39, 0.29) is 5.56 Å². The Kier molecular flexibility index (Phi) is 2.59. The molecule has 0 spiro atoms. The molecule has 0 aliphatic carbocycles. The van der Waals surface area contributed by atoms with Crippen molar-refractivity contribution in [3.8, 4) is 0 Å². The second-order valence-corrected chi connectivity index (χ2v) is 2.83. The lowest BCUT2D eigenvalue weighted by atomic mass is 10.2. The third-order valence-corrected chi connectivity index (χ3v) is 1.65. The van der Waals surface area contributed by atoms with E-state index in [0.717, 1.165) is 6.21 Å². The fourth-order valence-electron chi connectivity index (χ4n) is 0.668. The molecule has 0 aliphatic rings. The summed E-state index contributed by atoms with van der Waals surface area (Å²) in [6.45, 7) is 0. The largest absolute Gasteiger partial charge is 0.411 e. The molecule has 0 aromatic heterocycles. The molecule has 2 nitrogen and oxygen atoms in total. The van der Waals surface area contributed by atoms with Crippen LogP contribution in [0.1, 0.15) is 5.56 Å². The standard InChI is InChI=1S/C7H5BrFNO/c8-6-2-1-5(4-10-11)7(9)3-6/h1-4,11H/b10-4+. The van der Waals surface area contributed by atoms with E-state index in [4.69, 9.17) is 5.21 Å². The van der Waals surface area contributed by atoms with Gasteiger partial charge >= 0.3 is 0 Å². The van der Waals surface area contributed by atoms with Gasteiger partial charge in [-0.1, -0.05) is 21.1 Å².